The Balaban J connectivity index is 1.75. The van der Waals surface area contributed by atoms with E-state index in [4.69, 9.17) is 9.15 Å². The van der Waals surface area contributed by atoms with Gasteiger partial charge in [-0.3, -0.25) is 19.1 Å². The molecule has 136 valence electrons. The predicted molar refractivity (Wildman–Crippen MR) is 95.3 cm³/mol. The summed E-state index contributed by atoms with van der Waals surface area (Å²) in [4.78, 5) is 37.0. The van der Waals surface area contributed by atoms with E-state index in [0.29, 0.717) is 23.7 Å². The molecule has 2 heterocycles. The largest absolute Gasteiger partial charge is 0.490 e. The molecule has 26 heavy (non-hydrogen) atoms. The van der Waals surface area contributed by atoms with Crippen molar-refractivity contribution in [3.05, 3.63) is 63.1 Å². The Labute approximate surface area is 148 Å². The summed E-state index contributed by atoms with van der Waals surface area (Å²) in [5, 5.41) is 3.65. The first kappa shape index (κ1) is 17.5. The molecular formula is C18H19N3O5. The molecule has 1 unspecified atom stereocenters. The summed E-state index contributed by atoms with van der Waals surface area (Å²) in [5.41, 5.74) is -0.514. The third-order valence-corrected chi connectivity index (χ3v) is 3.84. The Morgan fingerprint density at radius 3 is 2.88 bits per heavy atom. The molecule has 0 aliphatic rings. The second-order valence-electron chi connectivity index (χ2n) is 5.78. The van der Waals surface area contributed by atoms with Crippen LogP contribution in [0.1, 0.15) is 25.6 Å². The number of hydrogen-bond donors (Lipinski definition) is 2. The lowest BCUT2D eigenvalue weighted by molar-refractivity contribution is -0.122. The van der Waals surface area contributed by atoms with Crippen LogP contribution >= 0.6 is 0 Å². The maximum atomic E-state index is 12.2. The molecule has 8 heteroatoms. The van der Waals surface area contributed by atoms with Crippen LogP contribution in [0.25, 0.3) is 11.0 Å². The van der Waals surface area contributed by atoms with E-state index >= 15 is 0 Å². The minimum absolute atomic E-state index is 0.204. The predicted octanol–water partition coefficient (Wildman–Crippen LogP) is 1.56. The molecule has 8 nitrogen and oxygen atoms in total. The Morgan fingerprint density at radius 1 is 1.35 bits per heavy atom. The van der Waals surface area contributed by atoms with Gasteiger partial charge in [-0.1, -0.05) is 12.1 Å². The lowest BCUT2D eigenvalue weighted by Crippen LogP contribution is -2.36. The number of aromatic amines is 1. The van der Waals surface area contributed by atoms with Crippen molar-refractivity contribution in [2.24, 2.45) is 0 Å². The van der Waals surface area contributed by atoms with Crippen LogP contribution in [0.2, 0.25) is 0 Å². The summed E-state index contributed by atoms with van der Waals surface area (Å²) in [7, 11) is 0. The van der Waals surface area contributed by atoms with Crippen molar-refractivity contribution in [1.82, 2.24) is 14.9 Å². The molecule has 0 saturated heterocycles. The fourth-order valence-corrected chi connectivity index (χ4v) is 2.62. The number of aromatic nitrogens is 2. The molecule has 2 aromatic heterocycles. The number of benzene rings is 1. The van der Waals surface area contributed by atoms with Crippen molar-refractivity contribution in [1.29, 1.82) is 0 Å². The smallest absolute Gasteiger partial charge is 0.328 e. The van der Waals surface area contributed by atoms with E-state index in [9.17, 15) is 14.4 Å². The highest BCUT2D eigenvalue weighted by Gasteiger charge is 2.16. The quantitative estimate of drug-likeness (QED) is 0.696. The van der Waals surface area contributed by atoms with E-state index in [0.717, 1.165) is 9.95 Å². The Kier molecular flexibility index (Phi) is 4.92. The Morgan fingerprint density at radius 2 is 2.15 bits per heavy atom. The van der Waals surface area contributed by atoms with Crippen molar-refractivity contribution < 1.29 is 13.9 Å². The maximum Gasteiger partial charge on any atom is 0.328 e. The minimum Gasteiger partial charge on any atom is -0.490 e. The van der Waals surface area contributed by atoms with Crippen molar-refractivity contribution in [2.45, 2.75) is 26.4 Å². The van der Waals surface area contributed by atoms with E-state index in [1.807, 2.05) is 31.2 Å². The Hall–Kier alpha value is -3.29. The number of amides is 1. The van der Waals surface area contributed by atoms with Gasteiger partial charge in [0.05, 0.1) is 12.6 Å². The highest BCUT2D eigenvalue weighted by molar-refractivity contribution is 5.84. The van der Waals surface area contributed by atoms with Gasteiger partial charge in [-0.15, -0.1) is 0 Å². The van der Waals surface area contributed by atoms with Gasteiger partial charge in [-0.05, 0) is 26.0 Å². The fourth-order valence-electron chi connectivity index (χ4n) is 2.62. The molecule has 0 fully saturated rings. The van der Waals surface area contributed by atoms with Gasteiger partial charge in [0, 0.05) is 17.6 Å². The van der Waals surface area contributed by atoms with Crippen LogP contribution in [0.15, 0.2) is 50.5 Å². The molecule has 0 radical (unpaired) electrons. The van der Waals surface area contributed by atoms with Gasteiger partial charge in [0.25, 0.3) is 5.56 Å². The van der Waals surface area contributed by atoms with Gasteiger partial charge >= 0.3 is 5.69 Å². The summed E-state index contributed by atoms with van der Waals surface area (Å²) in [6.45, 7) is 4.00. The lowest BCUT2D eigenvalue weighted by Gasteiger charge is -2.12. The number of hydrogen-bond acceptors (Lipinski definition) is 5. The highest BCUT2D eigenvalue weighted by atomic mass is 16.5. The van der Waals surface area contributed by atoms with Crippen LogP contribution in [0.3, 0.4) is 0 Å². The molecule has 1 aromatic carbocycles. The molecule has 0 aliphatic heterocycles. The van der Waals surface area contributed by atoms with E-state index in [2.05, 4.69) is 10.3 Å². The molecule has 0 aliphatic carbocycles. The monoisotopic (exact) mass is 357 g/mol. The summed E-state index contributed by atoms with van der Waals surface area (Å²) in [6, 6.07) is 8.23. The number of carbonyl (C=O) groups excluding carboxylic acids is 1. The Bertz CT molecular complexity index is 1050. The molecule has 3 rings (SSSR count). The van der Waals surface area contributed by atoms with Crippen LogP contribution in [0.4, 0.5) is 0 Å². The van der Waals surface area contributed by atoms with Gasteiger partial charge in [0.1, 0.15) is 12.3 Å². The van der Waals surface area contributed by atoms with Crippen molar-refractivity contribution >= 4 is 16.9 Å². The summed E-state index contributed by atoms with van der Waals surface area (Å²) in [6.07, 6.45) is 1.28. The number of furan rings is 1. The van der Waals surface area contributed by atoms with E-state index < -0.39 is 17.3 Å². The van der Waals surface area contributed by atoms with Gasteiger partial charge in [0.15, 0.2) is 11.3 Å². The van der Waals surface area contributed by atoms with Gasteiger partial charge in [-0.2, -0.15) is 0 Å². The first-order chi connectivity index (χ1) is 12.5. The van der Waals surface area contributed by atoms with E-state index in [1.54, 1.807) is 6.92 Å². The maximum absolute atomic E-state index is 12.2. The fraction of sp³-hybridized carbons (Fsp3) is 0.278. The second kappa shape index (κ2) is 7.30. The molecule has 0 spiro atoms. The standard InChI is InChI=1S/C18H19N3O5/c1-3-25-13-6-4-5-12-9-14(26-17(12)13)11(2)19-16(23)10-21-8-7-15(22)20-18(21)24/h4-9,11H,3,10H2,1-2H3,(H,19,23)(H,20,22,24). The van der Waals surface area contributed by atoms with Crippen LogP contribution in [-0.4, -0.2) is 22.1 Å². The zero-order valence-electron chi connectivity index (χ0n) is 14.4. The first-order valence-corrected chi connectivity index (χ1v) is 8.22. The molecule has 1 amide bonds. The number of carbonyl (C=O) groups is 1. The normalized spacial score (nSPS) is 12.1. The van der Waals surface area contributed by atoms with Crippen LogP contribution in [-0.2, 0) is 11.3 Å². The third-order valence-electron chi connectivity index (χ3n) is 3.84. The van der Waals surface area contributed by atoms with Crippen molar-refractivity contribution in [3.63, 3.8) is 0 Å². The summed E-state index contributed by atoms with van der Waals surface area (Å²) in [5.74, 6) is 0.848. The molecule has 2 N–H and O–H groups in total. The topological polar surface area (TPSA) is 106 Å². The summed E-state index contributed by atoms with van der Waals surface area (Å²) >= 11 is 0. The van der Waals surface area contributed by atoms with Gasteiger partial charge in [-0.25, -0.2) is 4.79 Å². The van der Waals surface area contributed by atoms with Crippen molar-refractivity contribution in [2.75, 3.05) is 6.61 Å². The number of ether oxygens (including phenoxy) is 1. The minimum atomic E-state index is -0.634. The molecule has 1 atom stereocenters. The first-order valence-electron chi connectivity index (χ1n) is 8.22. The number of nitrogens with one attached hydrogen (secondary N) is 2. The number of H-pyrrole nitrogens is 1. The highest BCUT2D eigenvalue weighted by Crippen LogP contribution is 2.31. The second-order valence-corrected chi connectivity index (χ2v) is 5.78. The SMILES string of the molecule is CCOc1cccc2cc(C(C)NC(=O)Cn3ccc(=O)[nH]c3=O)oc12. The van der Waals surface area contributed by atoms with E-state index in [-0.39, 0.29) is 12.5 Å². The molecule has 0 bridgehead atoms. The molecular weight excluding hydrogens is 338 g/mol. The molecule has 0 saturated carbocycles. The average Bonchev–Trinajstić information content (AvgIpc) is 3.03. The number of rotatable bonds is 6. The zero-order valence-corrected chi connectivity index (χ0v) is 14.4. The zero-order chi connectivity index (χ0) is 18.7. The van der Waals surface area contributed by atoms with Crippen LogP contribution in [0, 0.1) is 0 Å². The number of para-hydroxylation sites is 1. The van der Waals surface area contributed by atoms with Crippen LogP contribution < -0.4 is 21.3 Å². The van der Waals surface area contributed by atoms with Gasteiger partial charge in [0.2, 0.25) is 5.91 Å². The number of fused-ring (bicyclic) bond motifs is 1. The van der Waals surface area contributed by atoms with E-state index in [1.165, 1.54) is 12.3 Å². The number of nitrogens with zero attached hydrogens (tertiary/aromatic N) is 1. The average molecular weight is 357 g/mol. The van der Waals surface area contributed by atoms with Crippen LogP contribution in [0.5, 0.6) is 5.75 Å². The molecule has 3 aromatic rings. The summed E-state index contributed by atoms with van der Waals surface area (Å²) < 4.78 is 12.5. The lowest BCUT2D eigenvalue weighted by atomic mass is 10.2. The van der Waals surface area contributed by atoms with Crippen molar-refractivity contribution in [3.8, 4) is 5.75 Å². The third kappa shape index (κ3) is 3.69. The van der Waals surface area contributed by atoms with Gasteiger partial charge < -0.3 is 14.5 Å².